The Morgan fingerprint density at radius 3 is 2.40 bits per heavy atom. The maximum absolute atomic E-state index is 5.90. The minimum absolute atomic E-state index is 0.00321. The van der Waals surface area contributed by atoms with Gasteiger partial charge in [0.25, 0.3) is 0 Å². The number of rotatable bonds is 6. The molecular formula is C29H30N4OS. The Bertz CT molecular complexity index is 1350. The molecule has 2 atom stereocenters. The first-order chi connectivity index (χ1) is 17.0. The van der Waals surface area contributed by atoms with Crippen molar-refractivity contribution >= 4 is 17.3 Å². The van der Waals surface area contributed by atoms with Gasteiger partial charge in [0.05, 0.1) is 24.9 Å². The van der Waals surface area contributed by atoms with E-state index in [1.807, 2.05) is 30.5 Å². The van der Waals surface area contributed by atoms with Crippen LogP contribution in [0, 0.1) is 20.8 Å². The molecule has 0 spiro atoms. The third-order valence-electron chi connectivity index (χ3n) is 6.86. The molecule has 5 nitrogen and oxygen atoms in total. The molecule has 1 aliphatic rings. The Morgan fingerprint density at radius 1 is 0.971 bits per heavy atom. The minimum Gasteiger partial charge on any atom is -0.497 e. The highest BCUT2D eigenvalue weighted by atomic mass is 32.1. The van der Waals surface area contributed by atoms with Gasteiger partial charge >= 0.3 is 0 Å². The molecule has 1 N–H and O–H groups in total. The van der Waals surface area contributed by atoms with Crippen LogP contribution in [-0.2, 0) is 6.54 Å². The van der Waals surface area contributed by atoms with E-state index in [0.29, 0.717) is 6.54 Å². The Balaban J connectivity index is 1.60. The average Bonchev–Trinajstić information content (AvgIpc) is 3.35. The Hall–Kier alpha value is -3.64. The normalized spacial score (nSPS) is 17.5. The van der Waals surface area contributed by atoms with Crippen LogP contribution in [0.5, 0.6) is 5.75 Å². The quantitative estimate of drug-likeness (QED) is 0.343. The third-order valence-corrected chi connectivity index (χ3v) is 7.21. The summed E-state index contributed by atoms with van der Waals surface area (Å²) in [5, 5.41) is 4.32. The summed E-state index contributed by atoms with van der Waals surface area (Å²) >= 11 is 5.90. The fourth-order valence-corrected chi connectivity index (χ4v) is 5.42. The lowest BCUT2D eigenvalue weighted by Gasteiger charge is -2.28. The molecule has 178 valence electrons. The van der Waals surface area contributed by atoms with Crippen LogP contribution in [0.15, 0.2) is 79.0 Å². The summed E-state index contributed by atoms with van der Waals surface area (Å²) in [7, 11) is 1.69. The predicted octanol–water partition coefficient (Wildman–Crippen LogP) is 5.98. The van der Waals surface area contributed by atoms with Gasteiger partial charge in [0.15, 0.2) is 5.11 Å². The molecule has 35 heavy (non-hydrogen) atoms. The zero-order valence-corrected chi connectivity index (χ0v) is 21.3. The molecule has 0 aliphatic carbocycles. The van der Waals surface area contributed by atoms with Gasteiger partial charge in [-0.3, -0.25) is 4.98 Å². The van der Waals surface area contributed by atoms with Gasteiger partial charge in [-0.05, 0) is 86.1 Å². The van der Waals surface area contributed by atoms with E-state index in [-0.39, 0.29) is 12.1 Å². The highest BCUT2D eigenvalue weighted by molar-refractivity contribution is 7.80. The molecule has 1 saturated heterocycles. The van der Waals surface area contributed by atoms with Crippen molar-refractivity contribution in [3.8, 4) is 11.4 Å². The number of aryl methyl sites for hydroxylation is 2. The van der Waals surface area contributed by atoms with E-state index in [9.17, 15) is 0 Å². The second kappa shape index (κ2) is 9.55. The number of benzene rings is 2. The van der Waals surface area contributed by atoms with Crippen molar-refractivity contribution in [3.63, 3.8) is 0 Å². The lowest BCUT2D eigenvalue weighted by molar-refractivity contribution is 0.310. The molecule has 6 heteroatoms. The molecule has 1 fully saturated rings. The van der Waals surface area contributed by atoms with Crippen LogP contribution in [0.4, 0.5) is 0 Å². The van der Waals surface area contributed by atoms with Crippen molar-refractivity contribution in [1.29, 1.82) is 0 Å². The van der Waals surface area contributed by atoms with Gasteiger partial charge in [-0.2, -0.15) is 0 Å². The van der Waals surface area contributed by atoms with Gasteiger partial charge in [-0.1, -0.05) is 36.4 Å². The lowest BCUT2D eigenvalue weighted by Crippen LogP contribution is -2.29. The number of pyridine rings is 1. The summed E-state index contributed by atoms with van der Waals surface area (Å²) < 4.78 is 7.70. The molecule has 1 aliphatic heterocycles. The van der Waals surface area contributed by atoms with Gasteiger partial charge < -0.3 is 19.5 Å². The molecule has 2 aromatic heterocycles. The summed E-state index contributed by atoms with van der Waals surface area (Å²) in [6.07, 6.45) is 1.85. The summed E-state index contributed by atoms with van der Waals surface area (Å²) in [5.74, 6) is 0.848. The van der Waals surface area contributed by atoms with Gasteiger partial charge in [0, 0.05) is 29.8 Å². The minimum atomic E-state index is -0.0484. The van der Waals surface area contributed by atoms with Gasteiger partial charge in [0.2, 0.25) is 0 Å². The van der Waals surface area contributed by atoms with Crippen LogP contribution in [0.2, 0.25) is 0 Å². The standard InChI is InChI=1S/C29H30N4OS/c1-19-9-5-6-11-26(19)33-20(2)17-24(21(33)3)28-27(25-10-7-8-16-30-25)31-29(35)32(28)18-22-12-14-23(34-4)15-13-22/h5-17,27-28H,18H2,1-4H3,(H,31,35)/t27-,28+/m1/s1. The predicted molar refractivity (Wildman–Crippen MR) is 144 cm³/mol. The molecule has 2 aromatic carbocycles. The lowest BCUT2D eigenvalue weighted by atomic mass is 9.96. The molecule has 0 radical (unpaired) electrons. The number of thiocarbonyl (C=S) groups is 1. The summed E-state index contributed by atoms with van der Waals surface area (Å²) in [6.45, 7) is 7.23. The molecule has 0 unspecified atom stereocenters. The van der Waals surface area contributed by atoms with Gasteiger partial charge in [-0.25, -0.2) is 0 Å². The SMILES string of the molecule is COc1ccc(CN2C(=S)N[C@H](c3ccccn3)[C@@H]2c2cc(C)n(-c3ccccc3C)c2C)cc1. The number of aromatic nitrogens is 2. The van der Waals surface area contributed by atoms with Crippen LogP contribution in [0.3, 0.4) is 0 Å². The van der Waals surface area contributed by atoms with Crippen LogP contribution in [0.25, 0.3) is 5.69 Å². The smallest absolute Gasteiger partial charge is 0.170 e. The van der Waals surface area contributed by atoms with Crippen LogP contribution < -0.4 is 10.1 Å². The fraction of sp³-hybridized carbons (Fsp3) is 0.241. The molecule has 5 rings (SSSR count). The first kappa shape index (κ1) is 23.1. The van der Waals surface area contributed by atoms with Crippen molar-refractivity contribution in [2.24, 2.45) is 0 Å². The van der Waals surface area contributed by atoms with E-state index < -0.39 is 0 Å². The van der Waals surface area contributed by atoms with Crippen molar-refractivity contribution < 1.29 is 4.74 Å². The fourth-order valence-electron chi connectivity index (χ4n) is 5.11. The molecule has 0 saturated carbocycles. The maximum atomic E-state index is 5.90. The largest absolute Gasteiger partial charge is 0.497 e. The van der Waals surface area contributed by atoms with E-state index in [0.717, 1.165) is 16.6 Å². The van der Waals surface area contributed by atoms with Gasteiger partial charge in [-0.15, -0.1) is 0 Å². The Kier molecular flexibility index (Phi) is 6.31. The van der Waals surface area contributed by atoms with E-state index in [2.05, 4.69) is 84.1 Å². The molecular weight excluding hydrogens is 452 g/mol. The zero-order chi connectivity index (χ0) is 24.5. The topological polar surface area (TPSA) is 42.3 Å². The number of methoxy groups -OCH3 is 1. The van der Waals surface area contributed by atoms with Gasteiger partial charge in [0.1, 0.15) is 5.75 Å². The monoisotopic (exact) mass is 482 g/mol. The van der Waals surface area contributed by atoms with Crippen molar-refractivity contribution in [3.05, 3.63) is 113 Å². The number of hydrogen-bond donors (Lipinski definition) is 1. The van der Waals surface area contributed by atoms with Crippen LogP contribution in [-0.4, -0.2) is 26.7 Å². The van der Waals surface area contributed by atoms with E-state index in [4.69, 9.17) is 21.9 Å². The number of ether oxygens (including phenoxy) is 1. The molecule has 0 bridgehead atoms. The Labute approximate surface area is 212 Å². The summed E-state index contributed by atoms with van der Waals surface area (Å²) in [4.78, 5) is 6.99. The summed E-state index contributed by atoms with van der Waals surface area (Å²) in [6, 6.07) is 25.0. The number of nitrogens with zero attached hydrogens (tertiary/aromatic N) is 3. The highest BCUT2D eigenvalue weighted by Crippen LogP contribution is 2.42. The average molecular weight is 483 g/mol. The summed E-state index contributed by atoms with van der Waals surface area (Å²) in [5.41, 5.74) is 8.28. The molecule has 3 heterocycles. The first-order valence-electron chi connectivity index (χ1n) is 11.8. The molecule has 4 aromatic rings. The highest BCUT2D eigenvalue weighted by Gasteiger charge is 2.41. The zero-order valence-electron chi connectivity index (χ0n) is 20.5. The van der Waals surface area contributed by atoms with Crippen LogP contribution in [0.1, 0.15) is 45.9 Å². The van der Waals surface area contributed by atoms with E-state index in [1.165, 1.54) is 33.8 Å². The van der Waals surface area contributed by atoms with Crippen molar-refractivity contribution in [2.75, 3.05) is 7.11 Å². The number of nitrogens with one attached hydrogen (secondary N) is 1. The number of para-hydroxylation sites is 1. The number of hydrogen-bond acceptors (Lipinski definition) is 3. The van der Waals surface area contributed by atoms with Crippen molar-refractivity contribution in [2.45, 2.75) is 39.4 Å². The van der Waals surface area contributed by atoms with Crippen LogP contribution >= 0.6 is 12.2 Å². The van der Waals surface area contributed by atoms with E-state index >= 15 is 0 Å². The Morgan fingerprint density at radius 2 is 1.71 bits per heavy atom. The third kappa shape index (κ3) is 4.30. The van der Waals surface area contributed by atoms with Crippen molar-refractivity contribution in [1.82, 2.24) is 19.8 Å². The first-order valence-corrected chi connectivity index (χ1v) is 12.2. The molecule has 0 amide bonds. The second-order valence-corrected chi connectivity index (χ2v) is 9.44. The maximum Gasteiger partial charge on any atom is 0.170 e. The van der Waals surface area contributed by atoms with E-state index in [1.54, 1.807) is 7.11 Å². The second-order valence-electron chi connectivity index (χ2n) is 9.05.